The zero-order valence-corrected chi connectivity index (χ0v) is 13.3. The van der Waals surface area contributed by atoms with Gasteiger partial charge in [0.1, 0.15) is 0 Å². The summed E-state index contributed by atoms with van der Waals surface area (Å²) >= 11 is 6.17. The molecule has 1 aromatic carbocycles. The molecule has 0 bridgehead atoms. The zero-order chi connectivity index (χ0) is 15.1. The Morgan fingerprint density at radius 2 is 1.75 bits per heavy atom. The Hall–Kier alpha value is -1.02. The van der Waals surface area contributed by atoms with Gasteiger partial charge in [0.05, 0.1) is 22.8 Å². The van der Waals surface area contributed by atoms with Crippen LogP contribution in [0.15, 0.2) is 12.1 Å². The SMILES string of the molecule is CCc1cc(B2OC(C)(C)C(C)(C)O2)c(C#N)cc1Cl. The summed E-state index contributed by atoms with van der Waals surface area (Å²) in [6.07, 6.45) is 0.803. The van der Waals surface area contributed by atoms with E-state index >= 15 is 0 Å². The van der Waals surface area contributed by atoms with Crippen LogP contribution in [0.4, 0.5) is 0 Å². The lowest BCUT2D eigenvalue weighted by Gasteiger charge is -2.32. The van der Waals surface area contributed by atoms with Gasteiger partial charge in [-0.25, -0.2) is 0 Å². The van der Waals surface area contributed by atoms with Crippen molar-refractivity contribution in [3.63, 3.8) is 0 Å². The maximum atomic E-state index is 9.31. The van der Waals surface area contributed by atoms with E-state index in [0.717, 1.165) is 17.4 Å². The minimum Gasteiger partial charge on any atom is -0.399 e. The maximum absolute atomic E-state index is 9.31. The molecular weight excluding hydrogens is 272 g/mol. The number of aryl methyl sites for hydroxylation is 1. The average Bonchev–Trinajstić information content (AvgIpc) is 2.57. The van der Waals surface area contributed by atoms with E-state index in [1.807, 2.05) is 40.7 Å². The Morgan fingerprint density at radius 3 is 2.20 bits per heavy atom. The molecule has 106 valence electrons. The Balaban J connectivity index is 2.47. The molecule has 0 radical (unpaired) electrons. The molecule has 0 saturated carbocycles. The largest absolute Gasteiger partial charge is 0.496 e. The standard InChI is InChI=1S/C15H19BClNO2/c1-6-10-7-12(11(9-18)8-13(10)17)16-19-14(2,3)15(4,5)20-16/h7-8H,6H2,1-5H3. The highest BCUT2D eigenvalue weighted by molar-refractivity contribution is 6.63. The van der Waals surface area contributed by atoms with Crippen molar-refractivity contribution < 1.29 is 9.31 Å². The van der Waals surface area contributed by atoms with Crippen molar-refractivity contribution in [3.8, 4) is 6.07 Å². The molecule has 1 heterocycles. The Kier molecular flexibility index (Phi) is 3.90. The van der Waals surface area contributed by atoms with E-state index in [0.29, 0.717) is 10.6 Å². The third-order valence-corrected chi connectivity index (χ3v) is 4.58. The third-order valence-electron chi connectivity index (χ3n) is 4.23. The van der Waals surface area contributed by atoms with E-state index in [1.54, 1.807) is 6.07 Å². The minimum absolute atomic E-state index is 0.420. The van der Waals surface area contributed by atoms with Crippen LogP contribution in [0, 0.1) is 11.3 Å². The molecule has 1 aromatic rings. The van der Waals surface area contributed by atoms with Gasteiger partial charge in [-0.2, -0.15) is 5.26 Å². The average molecular weight is 292 g/mol. The van der Waals surface area contributed by atoms with Crippen molar-refractivity contribution in [2.24, 2.45) is 0 Å². The summed E-state index contributed by atoms with van der Waals surface area (Å²) < 4.78 is 12.0. The second kappa shape index (κ2) is 5.07. The highest BCUT2D eigenvalue weighted by Crippen LogP contribution is 2.37. The van der Waals surface area contributed by atoms with Crippen molar-refractivity contribution in [2.45, 2.75) is 52.2 Å². The van der Waals surface area contributed by atoms with Gasteiger partial charge in [-0.05, 0) is 45.7 Å². The first-order valence-corrected chi connectivity index (χ1v) is 7.17. The molecule has 0 unspecified atom stereocenters. The Bertz CT molecular complexity index is 562. The molecule has 3 nitrogen and oxygen atoms in total. The van der Waals surface area contributed by atoms with Crippen LogP contribution in [0.2, 0.25) is 5.02 Å². The molecule has 5 heteroatoms. The molecule has 0 aliphatic carbocycles. The summed E-state index contributed by atoms with van der Waals surface area (Å²) in [5.41, 5.74) is 1.42. The number of hydrogen-bond donors (Lipinski definition) is 0. The van der Waals surface area contributed by atoms with E-state index in [-0.39, 0.29) is 0 Å². The van der Waals surface area contributed by atoms with Crippen LogP contribution in [0.25, 0.3) is 0 Å². The third kappa shape index (κ3) is 2.46. The van der Waals surface area contributed by atoms with Crippen molar-refractivity contribution in [1.82, 2.24) is 0 Å². The Labute approximate surface area is 126 Å². The lowest BCUT2D eigenvalue weighted by molar-refractivity contribution is 0.00578. The summed E-state index contributed by atoms with van der Waals surface area (Å²) in [7, 11) is -0.530. The van der Waals surface area contributed by atoms with Crippen LogP contribution in [0.5, 0.6) is 0 Å². The second-order valence-electron chi connectivity index (χ2n) is 6.08. The smallest absolute Gasteiger partial charge is 0.399 e. The van der Waals surface area contributed by atoms with Gasteiger partial charge in [0.15, 0.2) is 0 Å². The first kappa shape index (κ1) is 15.4. The molecule has 20 heavy (non-hydrogen) atoms. The van der Waals surface area contributed by atoms with Crippen molar-refractivity contribution in [2.75, 3.05) is 0 Å². The minimum atomic E-state index is -0.530. The van der Waals surface area contributed by atoms with E-state index in [2.05, 4.69) is 6.07 Å². The van der Waals surface area contributed by atoms with Gasteiger partial charge in [0.25, 0.3) is 0 Å². The summed E-state index contributed by atoms with van der Waals surface area (Å²) in [6.45, 7) is 10.0. The first-order chi connectivity index (χ1) is 9.21. The summed E-state index contributed by atoms with van der Waals surface area (Å²) in [5, 5.41) is 9.92. The summed E-state index contributed by atoms with van der Waals surface area (Å²) in [6, 6.07) is 5.79. The van der Waals surface area contributed by atoms with Crippen LogP contribution < -0.4 is 5.46 Å². The van der Waals surface area contributed by atoms with Gasteiger partial charge in [0, 0.05) is 10.5 Å². The molecule has 1 aliphatic heterocycles. The summed E-state index contributed by atoms with van der Waals surface area (Å²) in [5.74, 6) is 0. The molecular formula is C15H19BClNO2. The molecule has 1 aliphatic rings. The molecule has 0 atom stereocenters. The van der Waals surface area contributed by atoms with Crippen LogP contribution in [-0.2, 0) is 15.7 Å². The monoisotopic (exact) mass is 291 g/mol. The van der Waals surface area contributed by atoms with E-state index in [4.69, 9.17) is 20.9 Å². The van der Waals surface area contributed by atoms with Gasteiger partial charge >= 0.3 is 7.12 Å². The lowest BCUT2D eigenvalue weighted by Crippen LogP contribution is -2.41. The van der Waals surface area contributed by atoms with Crippen LogP contribution >= 0.6 is 11.6 Å². The maximum Gasteiger partial charge on any atom is 0.496 e. The molecule has 0 N–H and O–H groups in total. The summed E-state index contributed by atoms with van der Waals surface area (Å²) in [4.78, 5) is 0. The predicted octanol–water partition coefficient (Wildman–Crippen LogP) is 3.07. The molecule has 1 fully saturated rings. The first-order valence-electron chi connectivity index (χ1n) is 6.80. The van der Waals surface area contributed by atoms with E-state index in [1.165, 1.54) is 0 Å². The van der Waals surface area contributed by atoms with Gasteiger partial charge in [-0.3, -0.25) is 0 Å². The molecule has 1 saturated heterocycles. The molecule has 0 amide bonds. The van der Waals surface area contributed by atoms with Gasteiger partial charge in [-0.15, -0.1) is 0 Å². The molecule has 0 spiro atoms. The van der Waals surface area contributed by atoms with Crippen molar-refractivity contribution in [3.05, 3.63) is 28.3 Å². The number of nitriles is 1. The quantitative estimate of drug-likeness (QED) is 0.786. The van der Waals surface area contributed by atoms with Crippen molar-refractivity contribution >= 4 is 24.2 Å². The highest BCUT2D eigenvalue weighted by Gasteiger charge is 2.52. The van der Waals surface area contributed by atoms with Gasteiger partial charge in [-0.1, -0.05) is 24.6 Å². The normalized spacial score (nSPS) is 19.9. The Morgan fingerprint density at radius 1 is 1.20 bits per heavy atom. The van der Waals surface area contributed by atoms with Crippen LogP contribution in [0.3, 0.4) is 0 Å². The van der Waals surface area contributed by atoms with Gasteiger partial charge < -0.3 is 9.31 Å². The fourth-order valence-corrected chi connectivity index (χ4v) is 2.47. The topological polar surface area (TPSA) is 42.2 Å². The van der Waals surface area contributed by atoms with Crippen LogP contribution in [0.1, 0.15) is 45.7 Å². The number of nitrogens with zero attached hydrogens (tertiary/aromatic N) is 1. The lowest BCUT2D eigenvalue weighted by atomic mass is 9.75. The fourth-order valence-electron chi connectivity index (χ4n) is 2.17. The molecule has 2 rings (SSSR count). The van der Waals surface area contributed by atoms with E-state index in [9.17, 15) is 5.26 Å². The molecule has 0 aromatic heterocycles. The number of halogens is 1. The highest BCUT2D eigenvalue weighted by atomic mass is 35.5. The number of hydrogen-bond acceptors (Lipinski definition) is 3. The predicted molar refractivity (Wildman–Crippen MR) is 81.3 cm³/mol. The van der Waals surface area contributed by atoms with E-state index < -0.39 is 18.3 Å². The van der Waals surface area contributed by atoms with Crippen LogP contribution in [-0.4, -0.2) is 18.3 Å². The zero-order valence-electron chi connectivity index (χ0n) is 12.6. The van der Waals surface area contributed by atoms with Gasteiger partial charge in [0.2, 0.25) is 0 Å². The number of rotatable bonds is 2. The number of benzene rings is 1. The van der Waals surface area contributed by atoms with Crippen molar-refractivity contribution in [1.29, 1.82) is 5.26 Å². The fraction of sp³-hybridized carbons (Fsp3) is 0.533. The second-order valence-corrected chi connectivity index (χ2v) is 6.49.